The zero-order valence-electron chi connectivity index (χ0n) is 9.48. The zero-order chi connectivity index (χ0) is 10.6. The van der Waals surface area contributed by atoms with E-state index in [2.05, 4.69) is 21.3 Å². The number of hydrogen-bond acceptors (Lipinski definition) is 5. The molecule has 1 aliphatic heterocycles. The zero-order valence-corrected chi connectivity index (χ0v) is 9.48. The molecule has 0 atom stereocenters. The van der Waals surface area contributed by atoms with Crippen molar-refractivity contribution in [3.05, 3.63) is 0 Å². The fraction of sp³-hybridized carbons (Fsp3) is 1.00. The molecule has 0 aromatic carbocycles. The van der Waals surface area contributed by atoms with Crippen LogP contribution in [0, 0.1) is 0 Å². The van der Waals surface area contributed by atoms with Crippen molar-refractivity contribution in [1.82, 2.24) is 21.3 Å². The van der Waals surface area contributed by atoms with Crippen LogP contribution in [0.1, 0.15) is 0 Å². The molecule has 5 heteroatoms. The smallest absolute Gasteiger partial charge is 0.0591 e. The van der Waals surface area contributed by atoms with E-state index in [0.717, 1.165) is 65.6 Å². The van der Waals surface area contributed by atoms with Crippen molar-refractivity contribution in [2.75, 3.05) is 65.6 Å². The first-order chi connectivity index (χ1) is 7.50. The predicted octanol–water partition coefficient (Wildman–Crippen LogP) is -1.62. The SMILES string of the molecule is C1CNCCNCCOCCNCCN1. The van der Waals surface area contributed by atoms with Crippen LogP contribution < -0.4 is 21.3 Å². The van der Waals surface area contributed by atoms with Crippen LogP contribution in [0.25, 0.3) is 0 Å². The molecule has 4 N–H and O–H groups in total. The molecule has 1 heterocycles. The first kappa shape index (κ1) is 12.9. The minimum absolute atomic E-state index is 0.805. The van der Waals surface area contributed by atoms with Gasteiger partial charge in [-0.05, 0) is 0 Å². The highest BCUT2D eigenvalue weighted by atomic mass is 16.5. The number of ether oxygens (including phenoxy) is 1. The summed E-state index contributed by atoms with van der Waals surface area (Å²) in [5, 5.41) is 13.4. The summed E-state index contributed by atoms with van der Waals surface area (Å²) >= 11 is 0. The fourth-order valence-corrected chi connectivity index (χ4v) is 1.42. The van der Waals surface area contributed by atoms with Gasteiger partial charge in [-0.15, -0.1) is 0 Å². The summed E-state index contributed by atoms with van der Waals surface area (Å²) in [6.45, 7) is 9.67. The summed E-state index contributed by atoms with van der Waals surface area (Å²) in [5.74, 6) is 0. The standard InChI is InChI=1S/C10H24N4O/c1-2-12-4-6-14-8-10-15-9-7-13-5-3-11-1/h11-14H,1-10H2. The molecule has 1 fully saturated rings. The van der Waals surface area contributed by atoms with Crippen LogP contribution >= 0.6 is 0 Å². The minimum atomic E-state index is 0.805. The fourth-order valence-electron chi connectivity index (χ4n) is 1.42. The van der Waals surface area contributed by atoms with Gasteiger partial charge in [0.25, 0.3) is 0 Å². The summed E-state index contributed by atoms with van der Waals surface area (Å²) in [6.07, 6.45) is 0. The maximum Gasteiger partial charge on any atom is 0.0591 e. The van der Waals surface area contributed by atoms with Crippen molar-refractivity contribution >= 4 is 0 Å². The second-order valence-electron chi connectivity index (χ2n) is 3.61. The molecule has 0 radical (unpaired) electrons. The molecule has 1 saturated heterocycles. The Bertz CT molecular complexity index is 76.0. The van der Waals surface area contributed by atoms with Crippen molar-refractivity contribution < 1.29 is 4.74 Å². The van der Waals surface area contributed by atoms with Gasteiger partial charge in [-0.2, -0.15) is 0 Å². The van der Waals surface area contributed by atoms with Crippen LogP contribution in [-0.4, -0.2) is 65.6 Å². The van der Waals surface area contributed by atoms with E-state index >= 15 is 0 Å². The molecule has 5 nitrogen and oxygen atoms in total. The Morgan fingerprint density at radius 1 is 0.467 bits per heavy atom. The molecule has 0 bridgehead atoms. The third-order valence-corrected chi connectivity index (χ3v) is 2.28. The van der Waals surface area contributed by atoms with Crippen molar-refractivity contribution in [1.29, 1.82) is 0 Å². The Morgan fingerprint density at radius 3 is 1.20 bits per heavy atom. The Labute approximate surface area is 92.3 Å². The number of nitrogens with one attached hydrogen (secondary N) is 4. The molecule has 90 valence electrons. The summed E-state index contributed by atoms with van der Waals surface area (Å²) < 4.78 is 5.44. The Morgan fingerprint density at radius 2 is 0.800 bits per heavy atom. The van der Waals surface area contributed by atoms with Crippen molar-refractivity contribution in [2.24, 2.45) is 0 Å². The number of rotatable bonds is 0. The molecule has 0 aromatic rings. The average Bonchev–Trinajstić information content (AvgIpc) is 2.27. The largest absolute Gasteiger partial charge is 0.379 e. The molecule has 1 aliphatic rings. The molecule has 0 saturated carbocycles. The normalized spacial score (nSPS) is 24.0. The second kappa shape index (κ2) is 10.3. The van der Waals surface area contributed by atoms with Crippen molar-refractivity contribution in [2.45, 2.75) is 0 Å². The highest BCUT2D eigenvalue weighted by molar-refractivity contribution is 4.57. The molecule has 0 spiro atoms. The van der Waals surface area contributed by atoms with Gasteiger partial charge in [-0.3, -0.25) is 0 Å². The van der Waals surface area contributed by atoms with E-state index in [9.17, 15) is 0 Å². The highest BCUT2D eigenvalue weighted by Gasteiger charge is 1.93. The molecule has 1 rings (SSSR count). The molecular weight excluding hydrogens is 192 g/mol. The van der Waals surface area contributed by atoms with Gasteiger partial charge >= 0.3 is 0 Å². The Kier molecular flexibility index (Phi) is 8.85. The van der Waals surface area contributed by atoms with E-state index in [1.165, 1.54) is 0 Å². The van der Waals surface area contributed by atoms with Gasteiger partial charge < -0.3 is 26.0 Å². The average molecular weight is 216 g/mol. The first-order valence-electron chi connectivity index (χ1n) is 5.91. The van der Waals surface area contributed by atoms with Gasteiger partial charge in [0.1, 0.15) is 0 Å². The van der Waals surface area contributed by atoms with E-state index in [0.29, 0.717) is 0 Å². The van der Waals surface area contributed by atoms with Gasteiger partial charge in [0, 0.05) is 52.4 Å². The molecular formula is C10H24N4O. The van der Waals surface area contributed by atoms with Crippen LogP contribution in [0.3, 0.4) is 0 Å². The van der Waals surface area contributed by atoms with Gasteiger partial charge in [0.05, 0.1) is 13.2 Å². The summed E-state index contributed by atoms with van der Waals surface area (Å²) in [5.41, 5.74) is 0. The van der Waals surface area contributed by atoms with Crippen LogP contribution in [0.4, 0.5) is 0 Å². The molecule has 0 aliphatic carbocycles. The Balaban J connectivity index is 2.01. The van der Waals surface area contributed by atoms with E-state index in [4.69, 9.17) is 4.74 Å². The van der Waals surface area contributed by atoms with Crippen LogP contribution in [-0.2, 0) is 4.74 Å². The lowest BCUT2D eigenvalue weighted by atomic mass is 10.5. The maximum atomic E-state index is 5.44. The van der Waals surface area contributed by atoms with Gasteiger partial charge in [-0.1, -0.05) is 0 Å². The van der Waals surface area contributed by atoms with Crippen LogP contribution in [0.2, 0.25) is 0 Å². The minimum Gasteiger partial charge on any atom is -0.379 e. The Hall–Kier alpha value is -0.200. The summed E-state index contributed by atoms with van der Waals surface area (Å²) in [4.78, 5) is 0. The summed E-state index contributed by atoms with van der Waals surface area (Å²) in [7, 11) is 0. The van der Waals surface area contributed by atoms with Gasteiger partial charge in [0.15, 0.2) is 0 Å². The molecule has 0 unspecified atom stereocenters. The molecule has 15 heavy (non-hydrogen) atoms. The quantitative estimate of drug-likeness (QED) is 0.392. The molecule has 0 amide bonds. The predicted molar refractivity (Wildman–Crippen MR) is 62.3 cm³/mol. The molecule has 0 aromatic heterocycles. The maximum absolute atomic E-state index is 5.44. The lowest BCUT2D eigenvalue weighted by Gasteiger charge is -2.06. The monoisotopic (exact) mass is 216 g/mol. The van der Waals surface area contributed by atoms with Gasteiger partial charge in [0.2, 0.25) is 0 Å². The second-order valence-corrected chi connectivity index (χ2v) is 3.61. The van der Waals surface area contributed by atoms with Gasteiger partial charge in [-0.25, -0.2) is 0 Å². The lowest BCUT2D eigenvalue weighted by Crippen LogP contribution is -2.35. The topological polar surface area (TPSA) is 57.4 Å². The summed E-state index contributed by atoms with van der Waals surface area (Å²) in [6, 6.07) is 0. The van der Waals surface area contributed by atoms with E-state index in [1.807, 2.05) is 0 Å². The van der Waals surface area contributed by atoms with E-state index < -0.39 is 0 Å². The van der Waals surface area contributed by atoms with Crippen molar-refractivity contribution in [3.8, 4) is 0 Å². The van der Waals surface area contributed by atoms with E-state index in [1.54, 1.807) is 0 Å². The van der Waals surface area contributed by atoms with E-state index in [-0.39, 0.29) is 0 Å². The van der Waals surface area contributed by atoms with Crippen LogP contribution in [0.5, 0.6) is 0 Å². The highest BCUT2D eigenvalue weighted by Crippen LogP contribution is 1.73. The number of hydrogen-bond donors (Lipinski definition) is 4. The van der Waals surface area contributed by atoms with Crippen molar-refractivity contribution in [3.63, 3.8) is 0 Å². The van der Waals surface area contributed by atoms with Crippen LogP contribution in [0.15, 0.2) is 0 Å². The first-order valence-corrected chi connectivity index (χ1v) is 5.91. The lowest BCUT2D eigenvalue weighted by molar-refractivity contribution is 0.138. The third kappa shape index (κ3) is 8.77. The third-order valence-electron chi connectivity index (χ3n) is 2.28.